The summed E-state index contributed by atoms with van der Waals surface area (Å²) in [5.41, 5.74) is 1.33. The number of morpholine rings is 1. The minimum Gasteiger partial charge on any atom is -0.496 e. The zero-order chi connectivity index (χ0) is 19.6. The van der Waals surface area contributed by atoms with Crippen molar-refractivity contribution in [2.45, 2.75) is 19.2 Å². The molecule has 144 valence electrons. The number of halogens is 3. The molecule has 0 spiro atoms. The molecule has 1 atom stereocenters. The Morgan fingerprint density at radius 2 is 1.89 bits per heavy atom. The zero-order valence-corrected chi connectivity index (χ0v) is 15.0. The average molecular weight is 379 g/mol. The van der Waals surface area contributed by atoms with Crippen molar-refractivity contribution in [3.05, 3.63) is 64.7 Å². The SMILES string of the molecule is COc1cc(C)ccc1C(=O)N1CCOC(c2ccc(C(F)(F)F)cc2)C1. The maximum atomic E-state index is 12.9. The molecule has 2 aromatic carbocycles. The van der Waals surface area contributed by atoms with Crippen molar-refractivity contribution in [1.29, 1.82) is 0 Å². The van der Waals surface area contributed by atoms with Crippen LogP contribution in [0.15, 0.2) is 42.5 Å². The van der Waals surface area contributed by atoms with Crippen LogP contribution in [-0.4, -0.2) is 37.6 Å². The molecule has 1 saturated heterocycles. The molecule has 0 aromatic heterocycles. The summed E-state index contributed by atoms with van der Waals surface area (Å²) in [6, 6.07) is 10.2. The third-order valence-electron chi connectivity index (χ3n) is 4.55. The first-order valence-corrected chi connectivity index (χ1v) is 8.52. The van der Waals surface area contributed by atoms with Gasteiger partial charge < -0.3 is 14.4 Å². The summed E-state index contributed by atoms with van der Waals surface area (Å²) in [5.74, 6) is 0.310. The predicted molar refractivity (Wildman–Crippen MR) is 93.8 cm³/mol. The smallest absolute Gasteiger partial charge is 0.416 e. The monoisotopic (exact) mass is 379 g/mol. The van der Waals surface area contributed by atoms with Gasteiger partial charge in [-0.25, -0.2) is 0 Å². The molecule has 27 heavy (non-hydrogen) atoms. The van der Waals surface area contributed by atoms with E-state index >= 15 is 0 Å². The van der Waals surface area contributed by atoms with Gasteiger partial charge in [-0.15, -0.1) is 0 Å². The molecular weight excluding hydrogens is 359 g/mol. The van der Waals surface area contributed by atoms with E-state index in [0.29, 0.717) is 30.0 Å². The van der Waals surface area contributed by atoms with Gasteiger partial charge in [0, 0.05) is 6.54 Å². The van der Waals surface area contributed by atoms with E-state index in [2.05, 4.69) is 0 Å². The van der Waals surface area contributed by atoms with Gasteiger partial charge in [0.05, 0.1) is 31.4 Å². The molecule has 0 bridgehead atoms. The van der Waals surface area contributed by atoms with Gasteiger partial charge in [0.1, 0.15) is 11.9 Å². The van der Waals surface area contributed by atoms with Crippen LogP contribution >= 0.6 is 0 Å². The summed E-state index contributed by atoms with van der Waals surface area (Å²) in [6.45, 7) is 2.89. The molecule has 1 aliphatic rings. The van der Waals surface area contributed by atoms with Gasteiger partial charge in [-0.05, 0) is 42.3 Å². The molecule has 0 aliphatic carbocycles. The highest BCUT2D eigenvalue weighted by Crippen LogP contribution is 2.31. The lowest BCUT2D eigenvalue weighted by molar-refractivity contribution is -0.137. The molecular formula is C20H20F3NO3. The van der Waals surface area contributed by atoms with Gasteiger partial charge in [-0.3, -0.25) is 4.79 Å². The number of benzene rings is 2. The van der Waals surface area contributed by atoms with E-state index in [9.17, 15) is 18.0 Å². The Morgan fingerprint density at radius 3 is 2.52 bits per heavy atom. The van der Waals surface area contributed by atoms with Gasteiger partial charge >= 0.3 is 6.18 Å². The number of hydrogen-bond donors (Lipinski definition) is 0. The van der Waals surface area contributed by atoms with E-state index < -0.39 is 17.8 Å². The molecule has 2 aromatic rings. The first-order valence-electron chi connectivity index (χ1n) is 8.52. The average Bonchev–Trinajstić information content (AvgIpc) is 2.67. The molecule has 0 N–H and O–H groups in total. The molecule has 0 radical (unpaired) electrons. The molecule has 1 amide bonds. The van der Waals surface area contributed by atoms with Crippen LogP contribution in [0.4, 0.5) is 13.2 Å². The second-order valence-corrected chi connectivity index (χ2v) is 6.43. The highest BCUT2D eigenvalue weighted by Gasteiger charge is 2.31. The lowest BCUT2D eigenvalue weighted by Crippen LogP contribution is -2.42. The van der Waals surface area contributed by atoms with Crippen LogP contribution in [0.2, 0.25) is 0 Å². The van der Waals surface area contributed by atoms with Crippen molar-refractivity contribution >= 4 is 5.91 Å². The Labute approximate surface area is 155 Å². The van der Waals surface area contributed by atoms with Crippen molar-refractivity contribution in [1.82, 2.24) is 4.90 Å². The number of carbonyl (C=O) groups is 1. The minimum atomic E-state index is -4.38. The van der Waals surface area contributed by atoms with E-state index in [1.165, 1.54) is 19.2 Å². The highest BCUT2D eigenvalue weighted by atomic mass is 19.4. The summed E-state index contributed by atoms with van der Waals surface area (Å²) in [6.07, 6.45) is -4.85. The summed E-state index contributed by atoms with van der Waals surface area (Å²) in [7, 11) is 1.51. The van der Waals surface area contributed by atoms with Crippen LogP contribution in [0.1, 0.15) is 33.2 Å². The summed E-state index contributed by atoms with van der Waals surface area (Å²) in [4.78, 5) is 14.5. The lowest BCUT2D eigenvalue weighted by Gasteiger charge is -2.33. The summed E-state index contributed by atoms with van der Waals surface area (Å²) < 4.78 is 49.1. The fourth-order valence-electron chi connectivity index (χ4n) is 3.07. The number of ether oxygens (including phenoxy) is 2. The number of nitrogens with zero attached hydrogens (tertiary/aromatic N) is 1. The number of aryl methyl sites for hydroxylation is 1. The van der Waals surface area contributed by atoms with Gasteiger partial charge in [0.2, 0.25) is 0 Å². The first-order chi connectivity index (χ1) is 12.8. The second kappa shape index (κ2) is 7.60. The maximum Gasteiger partial charge on any atom is 0.416 e. The molecule has 1 unspecified atom stereocenters. The van der Waals surface area contributed by atoms with Gasteiger partial charge in [0.15, 0.2) is 0 Å². The van der Waals surface area contributed by atoms with E-state index in [4.69, 9.17) is 9.47 Å². The molecule has 3 rings (SSSR count). The number of hydrogen-bond acceptors (Lipinski definition) is 3. The van der Waals surface area contributed by atoms with E-state index in [1.807, 2.05) is 13.0 Å². The Kier molecular flexibility index (Phi) is 5.41. The van der Waals surface area contributed by atoms with Crippen molar-refractivity contribution in [3.63, 3.8) is 0 Å². The quantitative estimate of drug-likeness (QED) is 0.801. The fourth-order valence-corrected chi connectivity index (χ4v) is 3.07. The number of rotatable bonds is 3. The third-order valence-corrected chi connectivity index (χ3v) is 4.55. The summed E-state index contributed by atoms with van der Waals surface area (Å²) in [5, 5.41) is 0. The largest absolute Gasteiger partial charge is 0.496 e. The van der Waals surface area contributed by atoms with Crippen LogP contribution in [0.5, 0.6) is 5.75 Å². The maximum absolute atomic E-state index is 12.9. The predicted octanol–water partition coefficient (Wildman–Crippen LogP) is 4.24. The molecule has 0 saturated carbocycles. The number of alkyl halides is 3. The third kappa shape index (κ3) is 4.24. The first kappa shape index (κ1) is 19.2. The number of amides is 1. The molecule has 4 nitrogen and oxygen atoms in total. The number of carbonyl (C=O) groups excluding carboxylic acids is 1. The van der Waals surface area contributed by atoms with Crippen molar-refractivity contribution in [2.75, 3.05) is 26.8 Å². The Hall–Kier alpha value is -2.54. The van der Waals surface area contributed by atoms with E-state index in [0.717, 1.165) is 17.7 Å². The Morgan fingerprint density at radius 1 is 1.19 bits per heavy atom. The highest BCUT2D eigenvalue weighted by molar-refractivity contribution is 5.97. The molecule has 1 aliphatic heterocycles. The van der Waals surface area contributed by atoms with Crippen molar-refractivity contribution < 1.29 is 27.4 Å². The van der Waals surface area contributed by atoms with Crippen LogP contribution in [0.3, 0.4) is 0 Å². The normalized spacial score (nSPS) is 17.7. The fraction of sp³-hybridized carbons (Fsp3) is 0.350. The minimum absolute atomic E-state index is 0.188. The van der Waals surface area contributed by atoms with E-state index in [-0.39, 0.29) is 12.5 Å². The molecule has 7 heteroatoms. The lowest BCUT2D eigenvalue weighted by atomic mass is 10.0. The number of methoxy groups -OCH3 is 1. The Balaban J connectivity index is 1.77. The standard InChI is InChI=1S/C20H20F3NO3/c1-13-3-8-16(17(11-13)26-2)19(25)24-9-10-27-18(12-24)14-4-6-15(7-5-14)20(21,22)23/h3-8,11,18H,9-10,12H2,1-2H3. The molecule has 1 fully saturated rings. The van der Waals surface area contributed by atoms with Gasteiger partial charge in [-0.2, -0.15) is 13.2 Å². The van der Waals surface area contributed by atoms with Crippen molar-refractivity contribution in [3.8, 4) is 5.75 Å². The van der Waals surface area contributed by atoms with Crippen LogP contribution in [0.25, 0.3) is 0 Å². The molecule has 1 heterocycles. The van der Waals surface area contributed by atoms with Gasteiger partial charge in [0.25, 0.3) is 5.91 Å². The van der Waals surface area contributed by atoms with Crippen LogP contribution < -0.4 is 4.74 Å². The topological polar surface area (TPSA) is 38.8 Å². The van der Waals surface area contributed by atoms with Gasteiger partial charge in [-0.1, -0.05) is 18.2 Å². The van der Waals surface area contributed by atoms with E-state index in [1.54, 1.807) is 17.0 Å². The zero-order valence-electron chi connectivity index (χ0n) is 15.0. The van der Waals surface area contributed by atoms with Crippen molar-refractivity contribution in [2.24, 2.45) is 0 Å². The Bertz CT molecular complexity index is 818. The summed E-state index contributed by atoms with van der Waals surface area (Å²) >= 11 is 0. The van der Waals surface area contributed by atoms with Crippen LogP contribution in [0, 0.1) is 6.92 Å². The second-order valence-electron chi connectivity index (χ2n) is 6.43. The van der Waals surface area contributed by atoms with Crippen LogP contribution in [-0.2, 0) is 10.9 Å².